The minimum atomic E-state index is -0.792. The van der Waals surface area contributed by atoms with Crippen molar-refractivity contribution in [3.63, 3.8) is 0 Å². The number of carbonyl (C=O) groups excluding carboxylic acids is 1. The summed E-state index contributed by atoms with van der Waals surface area (Å²) in [4.78, 5) is 16.6. The Morgan fingerprint density at radius 3 is 2.64 bits per heavy atom. The molecule has 1 amide bonds. The van der Waals surface area contributed by atoms with Crippen LogP contribution in [0.4, 0.5) is 0 Å². The van der Waals surface area contributed by atoms with Gasteiger partial charge in [-0.2, -0.15) is 0 Å². The van der Waals surface area contributed by atoms with E-state index in [-0.39, 0.29) is 0 Å². The summed E-state index contributed by atoms with van der Waals surface area (Å²) in [5.41, 5.74) is 1.63. The maximum absolute atomic E-state index is 12.1. The molecule has 2 aliphatic heterocycles. The van der Waals surface area contributed by atoms with Crippen LogP contribution in [0.5, 0.6) is 11.5 Å². The number of aliphatic hydroxyl groups is 1. The van der Waals surface area contributed by atoms with Crippen molar-refractivity contribution in [1.82, 2.24) is 9.80 Å². The molecule has 2 aromatic carbocycles. The van der Waals surface area contributed by atoms with Gasteiger partial charge in [-0.15, -0.1) is 0 Å². The zero-order chi connectivity index (χ0) is 25.2. The first-order valence-corrected chi connectivity index (χ1v) is 13.6. The van der Waals surface area contributed by atoms with Gasteiger partial charge in [0.05, 0.1) is 12.2 Å². The first-order chi connectivity index (χ1) is 17.5. The molecule has 2 heterocycles. The van der Waals surface area contributed by atoms with E-state index in [9.17, 15) is 9.90 Å². The summed E-state index contributed by atoms with van der Waals surface area (Å²) in [5, 5.41) is 11.1. The number of aryl methyl sites for hydroxylation is 1. The third-order valence-electron chi connectivity index (χ3n) is 7.36. The Bertz CT molecular complexity index is 964. The lowest BCUT2D eigenvalue weighted by atomic mass is 9.96. The number of nitrogens with zero attached hydrogens (tertiary/aromatic N) is 2. The van der Waals surface area contributed by atoms with Crippen molar-refractivity contribution in [3.8, 4) is 11.5 Å². The van der Waals surface area contributed by atoms with E-state index in [0.29, 0.717) is 32.0 Å². The first-order valence-electron chi connectivity index (χ1n) is 13.6. The lowest BCUT2D eigenvalue weighted by Crippen LogP contribution is -2.37. The number of benzene rings is 2. The molecule has 2 aromatic rings. The minimum Gasteiger partial charge on any atom is -0.494 e. The lowest BCUT2D eigenvalue weighted by molar-refractivity contribution is -0.130. The molecule has 1 unspecified atom stereocenters. The molecule has 1 atom stereocenters. The Kier molecular flexibility index (Phi) is 9.65. The normalized spacial score (nSPS) is 21.6. The summed E-state index contributed by atoms with van der Waals surface area (Å²) >= 11 is 0. The van der Waals surface area contributed by atoms with Gasteiger partial charge in [0.25, 0.3) is 0 Å². The highest BCUT2D eigenvalue weighted by atomic mass is 16.5. The molecular formula is C30H42N2O4. The second-order valence-electron chi connectivity index (χ2n) is 10.5. The van der Waals surface area contributed by atoms with Gasteiger partial charge in [-0.05, 0) is 81.8 Å². The largest absolute Gasteiger partial charge is 0.494 e. The zero-order valence-electron chi connectivity index (χ0n) is 21.8. The van der Waals surface area contributed by atoms with Crippen molar-refractivity contribution in [2.75, 3.05) is 39.4 Å². The number of carbonyl (C=O) groups is 1. The molecule has 0 spiro atoms. The Morgan fingerprint density at radius 1 is 0.917 bits per heavy atom. The molecule has 0 saturated carbocycles. The van der Waals surface area contributed by atoms with Crippen molar-refractivity contribution in [1.29, 1.82) is 0 Å². The Balaban J connectivity index is 1.20. The number of likely N-dealkylation sites (tertiary alicyclic amines) is 2. The van der Waals surface area contributed by atoms with Crippen molar-refractivity contribution < 1.29 is 19.4 Å². The van der Waals surface area contributed by atoms with E-state index in [1.54, 1.807) is 0 Å². The van der Waals surface area contributed by atoms with Gasteiger partial charge >= 0.3 is 0 Å². The summed E-state index contributed by atoms with van der Waals surface area (Å²) in [6, 6.07) is 16.3. The van der Waals surface area contributed by atoms with E-state index in [4.69, 9.17) is 9.47 Å². The second kappa shape index (κ2) is 13.1. The number of rotatable bonds is 10. The van der Waals surface area contributed by atoms with E-state index in [1.165, 1.54) is 11.1 Å². The van der Waals surface area contributed by atoms with Gasteiger partial charge < -0.3 is 19.5 Å². The molecule has 0 bridgehead atoms. The Labute approximate surface area is 216 Å². The van der Waals surface area contributed by atoms with Gasteiger partial charge in [0, 0.05) is 32.6 Å². The van der Waals surface area contributed by atoms with E-state index >= 15 is 0 Å². The van der Waals surface area contributed by atoms with Crippen LogP contribution >= 0.6 is 0 Å². The van der Waals surface area contributed by atoms with Crippen LogP contribution in [0.2, 0.25) is 0 Å². The average Bonchev–Trinajstić information content (AvgIpc) is 3.19. The maximum Gasteiger partial charge on any atom is 0.222 e. The summed E-state index contributed by atoms with van der Waals surface area (Å²) in [5.74, 6) is 1.98. The van der Waals surface area contributed by atoms with Gasteiger partial charge in [-0.25, -0.2) is 0 Å². The minimum absolute atomic E-state index is 0.292. The van der Waals surface area contributed by atoms with Crippen LogP contribution in [0.1, 0.15) is 62.5 Å². The molecule has 4 rings (SSSR count). The van der Waals surface area contributed by atoms with Gasteiger partial charge in [-0.3, -0.25) is 9.69 Å². The molecule has 0 aromatic heterocycles. The molecule has 196 valence electrons. The topological polar surface area (TPSA) is 62.2 Å². The number of hydrogen-bond acceptors (Lipinski definition) is 5. The van der Waals surface area contributed by atoms with E-state index in [2.05, 4.69) is 24.0 Å². The fraction of sp³-hybridized carbons (Fsp3) is 0.567. The van der Waals surface area contributed by atoms with E-state index in [0.717, 1.165) is 82.7 Å². The summed E-state index contributed by atoms with van der Waals surface area (Å²) < 4.78 is 11.9. The maximum atomic E-state index is 12.1. The highest BCUT2D eigenvalue weighted by molar-refractivity contribution is 5.76. The first kappa shape index (κ1) is 26.5. The molecule has 0 aliphatic carbocycles. The van der Waals surface area contributed by atoms with Gasteiger partial charge in [0.2, 0.25) is 5.91 Å². The van der Waals surface area contributed by atoms with E-state index < -0.39 is 5.60 Å². The molecule has 1 N–H and O–H groups in total. The molecule has 2 aliphatic rings. The fourth-order valence-corrected chi connectivity index (χ4v) is 5.10. The zero-order valence-corrected chi connectivity index (χ0v) is 21.8. The molecule has 0 radical (unpaired) electrons. The molecule has 6 heteroatoms. The highest BCUT2D eigenvalue weighted by Gasteiger charge is 2.31. The summed E-state index contributed by atoms with van der Waals surface area (Å²) in [6.07, 6.45) is 7.23. The second-order valence-corrected chi connectivity index (χ2v) is 10.5. The molecule has 2 fully saturated rings. The molecule has 36 heavy (non-hydrogen) atoms. The van der Waals surface area contributed by atoms with Crippen molar-refractivity contribution in [2.24, 2.45) is 0 Å². The van der Waals surface area contributed by atoms with Gasteiger partial charge in [0.15, 0.2) is 0 Å². The number of amides is 1. The van der Waals surface area contributed by atoms with Crippen LogP contribution in [0.25, 0.3) is 0 Å². The quantitative estimate of drug-likeness (QED) is 0.473. The Morgan fingerprint density at radius 2 is 1.78 bits per heavy atom. The van der Waals surface area contributed by atoms with E-state index in [1.807, 2.05) is 41.3 Å². The molecule has 6 nitrogen and oxygen atoms in total. The molecule has 2 saturated heterocycles. The number of hydrogen-bond donors (Lipinski definition) is 1. The lowest BCUT2D eigenvalue weighted by Gasteiger charge is -2.27. The SMILES string of the molecule is Cc1ccc(OCC2(O)CCCN(Cc3cccc(OCCCN4CCCCCC4=O)c3)CC2)cc1. The van der Waals surface area contributed by atoms with Crippen molar-refractivity contribution in [3.05, 3.63) is 59.7 Å². The van der Waals surface area contributed by atoms with Crippen LogP contribution in [0, 0.1) is 6.92 Å². The third kappa shape index (κ3) is 8.24. The van der Waals surface area contributed by atoms with Crippen molar-refractivity contribution in [2.45, 2.75) is 70.4 Å². The van der Waals surface area contributed by atoms with Crippen LogP contribution in [0.15, 0.2) is 48.5 Å². The Hall–Kier alpha value is -2.57. The standard InChI is InChI=1S/C30H42N2O4/c1-25-11-13-27(14-12-25)36-24-30(34)15-6-17-31(20-16-30)23-26-8-5-9-28(22-26)35-21-7-19-32-18-4-2-3-10-29(32)33/h5,8-9,11-14,22,34H,2-4,6-7,10,15-21,23-24H2,1H3. The van der Waals surface area contributed by atoms with Crippen LogP contribution < -0.4 is 9.47 Å². The van der Waals surface area contributed by atoms with Gasteiger partial charge in [-0.1, -0.05) is 36.2 Å². The van der Waals surface area contributed by atoms with Crippen LogP contribution in [-0.2, 0) is 11.3 Å². The predicted molar refractivity (Wildman–Crippen MR) is 142 cm³/mol. The summed E-state index contributed by atoms with van der Waals surface area (Å²) in [7, 11) is 0. The monoisotopic (exact) mass is 494 g/mol. The fourth-order valence-electron chi connectivity index (χ4n) is 5.10. The summed E-state index contributed by atoms with van der Waals surface area (Å²) in [6.45, 7) is 7.31. The predicted octanol–water partition coefficient (Wildman–Crippen LogP) is 4.96. The third-order valence-corrected chi connectivity index (χ3v) is 7.36. The van der Waals surface area contributed by atoms with Crippen LogP contribution in [-0.4, -0.2) is 65.8 Å². The molecular weight excluding hydrogens is 452 g/mol. The van der Waals surface area contributed by atoms with Crippen molar-refractivity contribution >= 4 is 5.91 Å². The number of ether oxygens (including phenoxy) is 2. The highest BCUT2D eigenvalue weighted by Crippen LogP contribution is 2.26. The van der Waals surface area contributed by atoms with Crippen LogP contribution in [0.3, 0.4) is 0 Å². The average molecular weight is 495 g/mol. The smallest absolute Gasteiger partial charge is 0.222 e. The van der Waals surface area contributed by atoms with Gasteiger partial charge in [0.1, 0.15) is 18.1 Å².